The summed E-state index contributed by atoms with van der Waals surface area (Å²) < 4.78 is 6.13. The van der Waals surface area contributed by atoms with Crippen molar-refractivity contribution in [2.75, 3.05) is 13.2 Å². The van der Waals surface area contributed by atoms with Crippen molar-refractivity contribution in [2.45, 2.75) is 91.3 Å². The normalized spacial score (nSPS) is 55.2. The van der Waals surface area contributed by atoms with Crippen LogP contribution in [0.1, 0.15) is 80.1 Å². The number of rotatable bonds is 4. The van der Waals surface area contributed by atoms with E-state index in [4.69, 9.17) is 4.74 Å². The monoisotopic (exact) mass is 350 g/mol. The van der Waals surface area contributed by atoms with Crippen LogP contribution in [0.2, 0.25) is 0 Å². The highest BCUT2D eigenvalue weighted by molar-refractivity contribution is 5.19. The largest absolute Gasteiger partial charge is 0.387 e. The molecule has 4 rings (SSSR count). The average molecular weight is 351 g/mol. The first kappa shape index (κ1) is 18.3. The highest BCUT2D eigenvalue weighted by atomic mass is 16.5. The Balaban J connectivity index is 1.46. The molecule has 4 aliphatic carbocycles. The minimum absolute atomic E-state index is 0.0782. The summed E-state index contributed by atoms with van der Waals surface area (Å²) in [6.07, 6.45) is 6.32. The summed E-state index contributed by atoms with van der Waals surface area (Å²) in [4.78, 5) is 0. The van der Waals surface area contributed by atoms with Gasteiger partial charge in [0.15, 0.2) is 0 Å². The molecular formula is C22H38O3. The third-order valence-electron chi connectivity index (χ3n) is 10.8. The van der Waals surface area contributed by atoms with E-state index in [2.05, 4.69) is 41.5 Å². The molecule has 0 spiro atoms. The molecule has 0 aromatic carbocycles. The first-order chi connectivity index (χ1) is 11.3. The van der Waals surface area contributed by atoms with Gasteiger partial charge in [0.2, 0.25) is 0 Å². The maximum absolute atomic E-state index is 11.4. The summed E-state index contributed by atoms with van der Waals surface area (Å²) in [6.45, 7) is 14.5. The fourth-order valence-corrected chi connectivity index (χ4v) is 7.66. The molecule has 4 fully saturated rings. The fraction of sp³-hybridized carbons (Fsp3) is 1.00. The average Bonchev–Trinajstić information content (AvgIpc) is 2.97. The number of ether oxygens (including phenoxy) is 1. The van der Waals surface area contributed by atoms with Gasteiger partial charge in [-0.15, -0.1) is 0 Å². The Labute approximate surface area is 153 Å². The van der Waals surface area contributed by atoms with E-state index in [0.29, 0.717) is 25.0 Å². The Kier molecular flexibility index (Phi) is 3.53. The van der Waals surface area contributed by atoms with Crippen molar-refractivity contribution in [3.05, 3.63) is 0 Å². The Morgan fingerprint density at radius 1 is 0.720 bits per heavy atom. The molecule has 4 bridgehead atoms. The van der Waals surface area contributed by atoms with Crippen molar-refractivity contribution in [3.63, 3.8) is 0 Å². The Hall–Kier alpha value is -0.120. The number of hydrogen-bond acceptors (Lipinski definition) is 3. The molecule has 0 radical (unpaired) electrons. The van der Waals surface area contributed by atoms with E-state index in [9.17, 15) is 10.2 Å². The summed E-state index contributed by atoms with van der Waals surface area (Å²) in [5.41, 5.74) is -1.31. The lowest BCUT2D eigenvalue weighted by molar-refractivity contribution is -0.176. The molecule has 0 aliphatic heterocycles. The van der Waals surface area contributed by atoms with E-state index in [-0.39, 0.29) is 21.7 Å². The van der Waals surface area contributed by atoms with E-state index in [0.717, 1.165) is 25.7 Å². The maximum atomic E-state index is 11.4. The second-order valence-corrected chi connectivity index (χ2v) is 11.5. The van der Waals surface area contributed by atoms with Crippen LogP contribution in [0.5, 0.6) is 0 Å². The number of aliphatic hydroxyl groups is 2. The van der Waals surface area contributed by atoms with Crippen LogP contribution in [0.3, 0.4) is 0 Å². The molecule has 3 heteroatoms. The standard InChI is InChI=1S/C22H38O3/c1-17(2)15-7-9-19(17,5)21(23,11-15)13-25-14-22(24)12-16-8-10-20(22,6)18(16,3)4/h15-16,23-24H,7-14H2,1-6H3/t15-,16-,19-,20-,21+,22+/m1/s1. The fourth-order valence-electron chi connectivity index (χ4n) is 7.66. The van der Waals surface area contributed by atoms with E-state index in [1.54, 1.807) is 0 Å². The van der Waals surface area contributed by atoms with Crippen molar-refractivity contribution < 1.29 is 14.9 Å². The summed E-state index contributed by atoms with van der Waals surface area (Å²) >= 11 is 0. The molecule has 0 aromatic heterocycles. The zero-order valence-corrected chi connectivity index (χ0v) is 17.1. The van der Waals surface area contributed by atoms with Gasteiger partial charge in [-0.3, -0.25) is 0 Å². The zero-order valence-electron chi connectivity index (χ0n) is 17.1. The van der Waals surface area contributed by atoms with Crippen LogP contribution in [0, 0.1) is 33.5 Å². The molecule has 144 valence electrons. The smallest absolute Gasteiger partial charge is 0.0941 e. The first-order valence-corrected chi connectivity index (χ1v) is 10.4. The highest BCUT2D eigenvalue weighted by Crippen LogP contribution is 2.71. The molecule has 2 N–H and O–H groups in total. The van der Waals surface area contributed by atoms with Gasteiger partial charge in [0.05, 0.1) is 24.4 Å². The lowest BCUT2D eigenvalue weighted by Crippen LogP contribution is -2.53. The number of fused-ring (bicyclic) bond motifs is 4. The van der Waals surface area contributed by atoms with Gasteiger partial charge in [-0.1, -0.05) is 41.5 Å². The lowest BCUT2D eigenvalue weighted by Gasteiger charge is -2.47. The maximum Gasteiger partial charge on any atom is 0.0941 e. The van der Waals surface area contributed by atoms with Gasteiger partial charge in [0, 0.05) is 10.8 Å². The van der Waals surface area contributed by atoms with Crippen molar-refractivity contribution >= 4 is 0 Å². The first-order valence-electron chi connectivity index (χ1n) is 10.4. The molecule has 0 saturated heterocycles. The topological polar surface area (TPSA) is 49.7 Å². The van der Waals surface area contributed by atoms with Crippen LogP contribution in [0.25, 0.3) is 0 Å². The van der Waals surface area contributed by atoms with Crippen molar-refractivity contribution in [1.29, 1.82) is 0 Å². The van der Waals surface area contributed by atoms with E-state index in [1.807, 2.05) is 0 Å². The summed E-state index contributed by atoms with van der Waals surface area (Å²) in [7, 11) is 0. The van der Waals surface area contributed by atoms with Gasteiger partial charge >= 0.3 is 0 Å². The number of hydrogen-bond donors (Lipinski definition) is 2. The molecule has 4 aliphatic rings. The van der Waals surface area contributed by atoms with E-state index >= 15 is 0 Å². The molecule has 0 unspecified atom stereocenters. The van der Waals surface area contributed by atoms with Gasteiger partial charge in [0.1, 0.15) is 0 Å². The Bertz CT molecular complexity index is 534. The predicted molar refractivity (Wildman–Crippen MR) is 99.2 cm³/mol. The van der Waals surface area contributed by atoms with Crippen molar-refractivity contribution in [3.8, 4) is 0 Å². The Morgan fingerprint density at radius 3 is 1.32 bits per heavy atom. The van der Waals surface area contributed by atoms with E-state index < -0.39 is 11.2 Å². The highest BCUT2D eigenvalue weighted by Gasteiger charge is 2.70. The van der Waals surface area contributed by atoms with Crippen LogP contribution in [0.15, 0.2) is 0 Å². The Morgan fingerprint density at radius 2 is 1.08 bits per heavy atom. The summed E-state index contributed by atoms with van der Waals surface area (Å²) in [5, 5.41) is 22.9. The molecule has 25 heavy (non-hydrogen) atoms. The quantitative estimate of drug-likeness (QED) is 0.800. The summed E-state index contributed by atoms with van der Waals surface area (Å²) in [6, 6.07) is 0. The molecular weight excluding hydrogens is 312 g/mol. The molecule has 3 nitrogen and oxygen atoms in total. The summed E-state index contributed by atoms with van der Waals surface area (Å²) in [5.74, 6) is 1.18. The van der Waals surface area contributed by atoms with Crippen LogP contribution >= 0.6 is 0 Å². The molecule has 0 heterocycles. The van der Waals surface area contributed by atoms with Crippen LogP contribution in [-0.4, -0.2) is 34.6 Å². The molecule has 4 saturated carbocycles. The van der Waals surface area contributed by atoms with Crippen molar-refractivity contribution in [2.24, 2.45) is 33.5 Å². The predicted octanol–water partition coefficient (Wildman–Crippen LogP) is 4.16. The van der Waals surface area contributed by atoms with E-state index in [1.165, 1.54) is 12.8 Å². The second-order valence-electron chi connectivity index (χ2n) is 11.5. The zero-order chi connectivity index (χ0) is 18.5. The van der Waals surface area contributed by atoms with Gasteiger partial charge in [-0.2, -0.15) is 0 Å². The third kappa shape index (κ3) is 1.88. The van der Waals surface area contributed by atoms with Gasteiger partial charge in [0.25, 0.3) is 0 Å². The minimum atomic E-state index is -0.746. The van der Waals surface area contributed by atoms with Crippen LogP contribution in [0.4, 0.5) is 0 Å². The van der Waals surface area contributed by atoms with Gasteiger partial charge in [-0.25, -0.2) is 0 Å². The SMILES string of the molecule is CC1(C)[C@@H]2CC[C@@]1(C)[C@@](O)(COC[C@@]1(O)C[C@H]3CC[C@]1(C)C3(C)C)C2. The minimum Gasteiger partial charge on any atom is -0.387 e. The van der Waals surface area contributed by atoms with Gasteiger partial charge < -0.3 is 14.9 Å². The lowest BCUT2D eigenvalue weighted by atomic mass is 9.64. The third-order valence-corrected chi connectivity index (χ3v) is 10.8. The van der Waals surface area contributed by atoms with Gasteiger partial charge in [-0.05, 0) is 61.2 Å². The molecule has 6 atom stereocenters. The second kappa shape index (κ2) is 4.83. The molecule has 0 aromatic rings. The molecule has 0 amide bonds. The van der Waals surface area contributed by atoms with Crippen LogP contribution < -0.4 is 0 Å². The van der Waals surface area contributed by atoms with Crippen LogP contribution in [-0.2, 0) is 4.74 Å². The van der Waals surface area contributed by atoms with Crippen molar-refractivity contribution in [1.82, 2.24) is 0 Å².